The number of hydrogen-bond acceptors (Lipinski definition) is 4. The molecule has 0 aliphatic carbocycles. The van der Waals surface area contributed by atoms with Crippen LogP contribution in [-0.2, 0) is 11.0 Å². The Kier molecular flexibility index (Phi) is 5.49. The van der Waals surface area contributed by atoms with Crippen molar-refractivity contribution in [1.82, 2.24) is 24.6 Å². The van der Waals surface area contributed by atoms with Crippen molar-refractivity contribution in [3.63, 3.8) is 0 Å². The largest absolute Gasteiger partial charge is 0.416 e. The summed E-state index contributed by atoms with van der Waals surface area (Å²) >= 11 is 0. The number of alkyl halides is 3. The number of likely N-dealkylation sites (N-methyl/N-ethyl adjacent to an activating group) is 1. The Balaban J connectivity index is 2.02. The van der Waals surface area contributed by atoms with Crippen molar-refractivity contribution in [2.45, 2.75) is 13.1 Å². The zero-order chi connectivity index (χ0) is 21.2. The highest BCUT2D eigenvalue weighted by Gasteiger charge is 2.31. The summed E-state index contributed by atoms with van der Waals surface area (Å²) in [7, 11) is 3.23. The monoisotopic (exact) mass is 401 g/mol. The summed E-state index contributed by atoms with van der Waals surface area (Å²) in [5.74, 6) is -0.150. The number of benzene rings is 1. The molecule has 29 heavy (non-hydrogen) atoms. The van der Waals surface area contributed by atoms with Crippen molar-refractivity contribution in [3.8, 4) is 11.4 Å². The molecule has 0 saturated heterocycles. The maximum Gasteiger partial charge on any atom is 0.416 e. The average Bonchev–Trinajstić information content (AvgIpc) is 3.14. The maximum absolute atomic E-state index is 13.1. The summed E-state index contributed by atoms with van der Waals surface area (Å²) in [6.07, 6.45) is 1.47. The van der Waals surface area contributed by atoms with E-state index in [9.17, 15) is 18.0 Å². The second-order valence-electron chi connectivity index (χ2n) is 6.62. The van der Waals surface area contributed by atoms with Gasteiger partial charge in [0.25, 0.3) is 5.91 Å². The van der Waals surface area contributed by atoms with Crippen molar-refractivity contribution in [2.24, 2.45) is 0 Å². The molecule has 3 aromatic rings. The topological polar surface area (TPSA) is 63.9 Å². The van der Waals surface area contributed by atoms with Crippen molar-refractivity contribution < 1.29 is 18.0 Å². The number of halogens is 3. The van der Waals surface area contributed by atoms with E-state index in [4.69, 9.17) is 0 Å². The third-order valence-corrected chi connectivity index (χ3v) is 4.04. The zero-order valence-electron chi connectivity index (χ0n) is 16.0. The first-order valence-electron chi connectivity index (χ1n) is 8.59. The summed E-state index contributed by atoms with van der Waals surface area (Å²) in [6, 6.07) is 7.07. The van der Waals surface area contributed by atoms with Crippen LogP contribution in [0.15, 0.2) is 49.1 Å². The minimum Gasteiger partial charge on any atom is -0.345 e. The van der Waals surface area contributed by atoms with Crippen LogP contribution in [0, 0.1) is 6.92 Å². The first-order valence-corrected chi connectivity index (χ1v) is 8.59. The molecule has 0 aliphatic heterocycles. The smallest absolute Gasteiger partial charge is 0.345 e. The molecule has 0 fully saturated rings. The predicted molar refractivity (Wildman–Crippen MR) is 102 cm³/mol. The van der Waals surface area contributed by atoms with Gasteiger partial charge in [-0.15, -0.1) is 5.10 Å². The molecule has 150 valence electrons. The van der Waals surface area contributed by atoms with E-state index < -0.39 is 11.7 Å². The fraction of sp³-hybridized carbons (Fsp3) is 0.200. The summed E-state index contributed by atoms with van der Waals surface area (Å²) in [5, 5.41) is 4.22. The van der Waals surface area contributed by atoms with Gasteiger partial charge in [0.1, 0.15) is 6.33 Å². The van der Waals surface area contributed by atoms with Crippen molar-refractivity contribution in [2.75, 3.05) is 14.1 Å². The molecule has 2 heterocycles. The molecule has 0 spiro atoms. The van der Waals surface area contributed by atoms with Gasteiger partial charge in [-0.3, -0.25) is 9.78 Å². The summed E-state index contributed by atoms with van der Waals surface area (Å²) in [5.41, 5.74) is 0.822. The van der Waals surface area contributed by atoms with Crippen LogP contribution in [0.2, 0.25) is 0 Å². The van der Waals surface area contributed by atoms with Gasteiger partial charge in [-0.05, 0) is 36.8 Å². The summed E-state index contributed by atoms with van der Waals surface area (Å²) in [6.45, 7) is 1.58. The predicted octanol–water partition coefficient (Wildman–Crippen LogP) is 3.75. The van der Waals surface area contributed by atoms with Crippen LogP contribution in [0.25, 0.3) is 23.2 Å². The van der Waals surface area contributed by atoms with E-state index in [-0.39, 0.29) is 17.3 Å². The Hall–Kier alpha value is -3.49. The van der Waals surface area contributed by atoms with Gasteiger partial charge >= 0.3 is 6.18 Å². The van der Waals surface area contributed by atoms with Gasteiger partial charge in [-0.1, -0.05) is 6.07 Å². The van der Waals surface area contributed by atoms with E-state index in [0.29, 0.717) is 16.7 Å². The van der Waals surface area contributed by atoms with E-state index in [1.165, 1.54) is 22.1 Å². The highest BCUT2D eigenvalue weighted by atomic mass is 19.4. The first kappa shape index (κ1) is 20.2. The molecule has 0 unspecified atom stereocenters. The Morgan fingerprint density at radius 1 is 1.21 bits per heavy atom. The second-order valence-corrected chi connectivity index (χ2v) is 6.62. The number of nitrogens with zero attached hydrogens (tertiary/aromatic N) is 5. The van der Waals surface area contributed by atoms with Crippen molar-refractivity contribution in [3.05, 3.63) is 65.7 Å². The van der Waals surface area contributed by atoms with E-state index >= 15 is 0 Å². The zero-order valence-corrected chi connectivity index (χ0v) is 16.0. The van der Waals surface area contributed by atoms with Crippen LogP contribution in [-0.4, -0.2) is 44.7 Å². The molecule has 0 N–H and O–H groups in total. The number of pyridine rings is 1. The number of hydrogen-bond donors (Lipinski definition) is 0. The molecule has 0 bridgehead atoms. The first-order chi connectivity index (χ1) is 13.6. The lowest BCUT2D eigenvalue weighted by atomic mass is 10.1. The molecule has 0 radical (unpaired) electrons. The Morgan fingerprint density at radius 3 is 2.59 bits per heavy atom. The SMILES string of the molecule is Cc1cc(-c2ncn(/C=C(\C(=O)N(C)C)c3cccnc3)n2)cc(C(F)(F)F)c1. The van der Waals surface area contributed by atoms with Crippen molar-refractivity contribution >= 4 is 17.7 Å². The standard InChI is InChI=1S/C20H18F3N5O/c1-13-7-15(9-16(8-13)20(21,22)23)18-25-12-28(26-18)11-17(19(29)27(2)3)14-5-4-6-24-10-14/h4-12H,1-3H3/b17-11-. The number of carbonyl (C=O) groups is 1. The van der Waals surface area contributed by atoms with Crippen LogP contribution < -0.4 is 0 Å². The second kappa shape index (κ2) is 7.86. The summed E-state index contributed by atoms with van der Waals surface area (Å²) in [4.78, 5) is 22.1. The quantitative estimate of drug-likeness (QED) is 0.625. The lowest BCUT2D eigenvalue weighted by Gasteiger charge is -2.13. The van der Waals surface area contributed by atoms with Gasteiger partial charge in [0.05, 0.1) is 11.1 Å². The highest BCUT2D eigenvalue weighted by Crippen LogP contribution is 2.32. The number of rotatable bonds is 4. The maximum atomic E-state index is 13.1. The molecule has 0 atom stereocenters. The molecule has 0 saturated carbocycles. The van der Waals surface area contributed by atoms with Crippen LogP contribution in [0.4, 0.5) is 13.2 Å². The molecule has 0 aliphatic rings. The van der Waals surface area contributed by atoms with Crippen LogP contribution in [0.1, 0.15) is 16.7 Å². The highest BCUT2D eigenvalue weighted by molar-refractivity contribution is 6.22. The molecule has 6 nitrogen and oxygen atoms in total. The molecule has 3 rings (SSSR count). The third-order valence-electron chi connectivity index (χ3n) is 4.04. The fourth-order valence-electron chi connectivity index (χ4n) is 2.69. The van der Waals surface area contributed by atoms with Gasteiger partial charge < -0.3 is 4.90 Å². The molecular formula is C20H18F3N5O. The van der Waals surface area contributed by atoms with E-state index in [1.807, 2.05) is 0 Å². The van der Waals surface area contributed by atoms with Gasteiger partial charge in [-0.25, -0.2) is 9.67 Å². The molecule has 1 aromatic carbocycles. The third kappa shape index (κ3) is 4.68. The number of aryl methyl sites for hydroxylation is 1. The van der Waals surface area contributed by atoms with Crippen LogP contribution in [0.3, 0.4) is 0 Å². The summed E-state index contributed by atoms with van der Waals surface area (Å²) < 4.78 is 40.6. The normalized spacial score (nSPS) is 12.1. The van der Waals surface area contributed by atoms with Gasteiger partial charge in [0.15, 0.2) is 5.82 Å². The lowest BCUT2D eigenvalue weighted by molar-refractivity contribution is -0.137. The Labute approximate surface area is 165 Å². The van der Waals surface area contributed by atoms with Crippen LogP contribution >= 0.6 is 0 Å². The fourth-order valence-corrected chi connectivity index (χ4v) is 2.69. The van der Waals surface area contributed by atoms with Crippen LogP contribution in [0.5, 0.6) is 0 Å². The van der Waals surface area contributed by atoms with E-state index in [2.05, 4.69) is 15.1 Å². The van der Waals surface area contributed by atoms with Crippen molar-refractivity contribution in [1.29, 1.82) is 0 Å². The van der Waals surface area contributed by atoms with E-state index in [0.717, 1.165) is 12.1 Å². The minimum atomic E-state index is -4.46. The van der Waals surface area contributed by atoms with Gasteiger partial charge in [0, 0.05) is 43.8 Å². The van der Waals surface area contributed by atoms with E-state index in [1.54, 1.807) is 51.6 Å². The molecular weight excluding hydrogens is 383 g/mol. The Morgan fingerprint density at radius 2 is 1.97 bits per heavy atom. The lowest BCUT2D eigenvalue weighted by Crippen LogP contribution is -2.23. The number of amides is 1. The molecule has 1 amide bonds. The average molecular weight is 401 g/mol. The number of aromatic nitrogens is 4. The Bertz CT molecular complexity index is 1060. The molecule has 9 heteroatoms. The van der Waals surface area contributed by atoms with Gasteiger partial charge in [-0.2, -0.15) is 13.2 Å². The molecule has 2 aromatic heterocycles. The minimum absolute atomic E-state index is 0.123. The number of carbonyl (C=O) groups excluding carboxylic acids is 1. The van der Waals surface area contributed by atoms with Gasteiger partial charge in [0.2, 0.25) is 0 Å².